The van der Waals surface area contributed by atoms with E-state index in [0.717, 1.165) is 51.9 Å². The zero-order valence-electron chi connectivity index (χ0n) is 29.8. The molecule has 3 aliphatic heterocycles. The van der Waals surface area contributed by atoms with Crippen molar-refractivity contribution in [2.24, 2.45) is 10.8 Å². The highest BCUT2D eigenvalue weighted by Crippen LogP contribution is 2.51. The Balaban J connectivity index is 1.09. The van der Waals surface area contributed by atoms with E-state index in [0.29, 0.717) is 53.8 Å². The van der Waals surface area contributed by atoms with Crippen molar-refractivity contribution in [3.8, 4) is 35.4 Å². The fourth-order valence-electron chi connectivity index (χ4n) is 10.1. The zero-order valence-corrected chi connectivity index (χ0v) is 29.8. The number of benzene rings is 2. The van der Waals surface area contributed by atoms with Crippen LogP contribution in [-0.2, 0) is 9.47 Å². The van der Waals surface area contributed by atoms with Crippen LogP contribution >= 0.6 is 0 Å². The molecule has 5 fully saturated rings. The van der Waals surface area contributed by atoms with Gasteiger partial charge in [-0.15, -0.1) is 6.42 Å². The summed E-state index contributed by atoms with van der Waals surface area (Å²) < 4.78 is 49.8. The third-order valence-electron chi connectivity index (χ3n) is 12.8. The molecule has 2 aromatic heterocycles. The normalized spacial score (nSPS) is 26.3. The van der Waals surface area contributed by atoms with Crippen molar-refractivity contribution < 1.29 is 33.2 Å². The molecule has 12 heteroatoms. The van der Waals surface area contributed by atoms with Crippen molar-refractivity contribution in [3.05, 3.63) is 47.7 Å². The smallest absolute Gasteiger partial charge is 0.319 e. The number of ether oxygens (including phenoxy) is 3. The lowest BCUT2D eigenvalue weighted by Gasteiger charge is -2.53. The number of fused-ring (bicyclic) bond motifs is 3. The van der Waals surface area contributed by atoms with Gasteiger partial charge in [0.2, 0.25) is 0 Å². The molecule has 10 nitrogen and oxygen atoms in total. The Morgan fingerprint density at radius 1 is 1.02 bits per heavy atom. The van der Waals surface area contributed by atoms with Crippen molar-refractivity contribution in [3.63, 3.8) is 0 Å². The molecule has 2 saturated carbocycles. The lowest BCUT2D eigenvalue weighted by atomic mass is 9.69. The van der Waals surface area contributed by atoms with E-state index in [-0.39, 0.29) is 58.1 Å². The molecule has 0 bridgehead atoms. The highest BCUT2D eigenvalue weighted by atomic mass is 19.1. The lowest BCUT2D eigenvalue weighted by Crippen LogP contribution is -2.57. The first kappa shape index (κ1) is 34.6. The molecule has 278 valence electrons. The highest BCUT2D eigenvalue weighted by Gasteiger charge is 2.51. The van der Waals surface area contributed by atoms with Gasteiger partial charge in [0.1, 0.15) is 28.6 Å². The number of piperidine rings is 1. The second-order valence-corrected chi connectivity index (χ2v) is 16.0. The van der Waals surface area contributed by atoms with Crippen LogP contribution in [0.3, 0.4) is 0 Å². The van der Waals surface area contributed by atoms with Crippen molar-refractivity contribution >= 4 is 27.5 Å². The van der Waals surface area contributed by atoms with Gasteiger partial charge in [0.05, 0.1) is 50.1 Å². The standard InChI is InChI=1S/C41H45F2N5O5/c1-2-29-32(42)7-6-25-17-27(49)18-30(34(25)29)36-35(43)37-31(19-44-36)38(47-15-16-51-21-28(50)20-47)46-39(45-37)53-24-41-10-3-5-33(41)48(14-4-11-41)26-8-12-40(13-9-26)22-52-23-40/h1,6-7,17-19,26,28,33,49-50H,3-5,8-16,20-24H2. The fraction of sp³-hybridized carbons (Fsp3) is 0.537. The van der Waals surface area contributed by atoms with Gasteiger partial charge in [0, 0.05) is 53.1 Å². The van der Waals surface area contributed by atoms with Gasteiger partial charge in [0.25, 0.3) is 0 Å². The largest absolute Gasteiger partial charge is 0.508 e. The lowest BCUT2D eigenvalue weighted by molar-refractivity contribution is -0.143. The number of β-amino-alcohol motifs (C(OH)–C–C–N with tert-alkyl or cyclic N) is 1. The zero-order chi connectivity index (χ0) is 36.3. The van der Waals surface area contributed by atoms with Crippen LogP contribution in [0.15, 0.2) is 30.5 Å². The monoisotopic (exact) mass is 725 g/mol. The maximum absolute atomic E-state index is 17.0. The number of aliphatic hydroxyl groups is 1. The van der Waals surface area contributed by atoms with Crippen LogP contribution in [-0.4, -0.2) is 101 Å². The maximum atomic E-state index is 17.0. The first-order chi connectivity index (χ1) is 25.8. The summed E-state index contributed by atoms with van der Waals surface area (Å²) in [6, 6.07) is 6.52. The fourth-order valence-corrected chi connectivity index (χ4v) is 10.1. The Bertz CT molecular complexity index is 2100. The predicted molar refractivity (Wildman–Crippen MR) is 196 cm³/mol. The SMILES string of the molecule is C#Cc1c(F)ccc2cc(O)cc(-c3ncc4c(N5CCOCC(O)C5)nc(OCC56CCCC5N(C5CCC7(CC5)COC7)CCC6)nc4c3F)c12. The molecule has 5 aliphatic rings. The van der Waals surface area contributed by atoms with Crippen molar-refractivity contribution in [1.29, 1.82) is 0 Å². The Morgan fingerprint density at radius 2 is 1.85 bits per heavy atom. The first-order valence-corrected chi connectivity index (χ1v) is 19.0. The number of anilines is 1. The minimum absolute atomic E-state index is 0.0355. The first-order valence-electron chi connectivity index (χ1n) is 19.0. The van der Waals surface area contributed by atoms with Crippen molar-refractivity contribution in [2.75, 3.05) is 57.6 Å². The third-order valence-corrected chi connectivity index (χ3v) is 12.8. The number of phenolic OH excluding ortho intramolecular Hbond substituents is 1. The van der Waals surface area contributed by atoms with Crippen LogP contribution in [0.5, 0.6) is 11.8 Å². The van der Waals surface area contributed by atoms with Crippen LogP contribution in [0, 0.1) is 34.8 Å². The molecule has 0 amide bonds. The van der Waals surface area contributed by atoms with Gasteiger partial charge in [-0.3, -0.25) is 9.88 Å². The van der Waals surface area contributed by atoms with E-state index in [2.05, 4.69) is 20.8 Å². The van der Waals surface area contributed by atoms with Crippen molar-refractivity contribution in [1.82, 2.24) is 19.9 Å². The molecule has 0 radical (unpaired) electrons. The predicted octanol–water partition coefficient (Wildman–Crippen LogP) is 5.98. The summed E-state index contributed by atoms with van der Waals surface area (Å²) in [6.45, 7) is 4.48. The van der Waals surface area contributed by atoms with E-state index in [1.807, 2.05) is 4.90 Å². The van der Waals surface area contributed by atoms with Crippen LogP contribution in [0.4, 0.5) is 14.6 Å². The molecule has 4 aromatic rings. The van der Waals surface area contributed by atoms with Gasteiger partial charge in [-0.2, -0.15) is 9.97 Å². The van der Waals surface area contributed by atoms with E-state index in [4.69, 9.17) is 25.6 Å². The third kappa shape index (κ3) is 6.06. The van der Waals surface area contributed by atoms with Gasteiger partial charge in [-0.05, 0) is 81.5 Å². The number of hydrogen-bond donors (Lipinski definition) is 2. The number of aliphatic hydroxyl groups excluding tert-OH is 1. The van der Waals surface area contributed by atoms with Crippen LogP contribution < -0.4 is 9.64 Å². The van der Waals surface area contributed by atoms with E-state index in [1.54, 1.807) is 0 Å². The summed E-state index contributed by atoms with van der Waals surface area (Å²) in [4.78, 5) is 18.7. The number of aromatic hydroxyl groups is 1. The van der Waals surface area contributed by atoms with Crippen molar-refractivity contribution in [2.45, 2.75) is 76.0 Å². The summed E-state index contributed by atoms with van der Waals surface area (Å²) in [7, 11) is 0. The number of rotatable bonds is 6. The molecule has 53 heavy (non-hydrogen) atoms. The molecule has 2 aromatic carbocycles. The Hall–Kier alpha value is -4.15. The molecule has 2 aliphatic carbocycles. The molecule has 3 unspecified atom stereocenters. The van der Waals surface area contributed by atoms with Gasteiger partial charge in [-0.25, -0.2) is 8.78 Å². The number of hydrogen-bond acceptors (Lipinski definition) is 10. The van der Waals surface area contributed by atoms with Gasteiger partial charge in [-0.1, -0.05) is 18.4 Å². The summed E-state index contributed by atoms with van der Waals surface area (Å²) in [5.74, 6) is 1.20. The molecule has 3 saturated heterocycles. The molecule has 2 N–H and O–H groups in total. The quantitative estimate of drug-likeness (QED) is 0.230. The molecule has 1 spiro atoms. The topological polar surface area (TPSA) is 113 Å². The second-order valence-electron chi connectivity index (χ2n) is 16.0. The van der Waals surface area contributed by atoms with E-state index in [1.165, 1.54) is 56.1 Å². The molecular formula is C41H45F2N5O5. The average molecular weight is 726 g/mol. The molecular weight excluding hydrogens is 680 g/mol. The summed E-state index contributed by atoms with van der Waals surface area (Å²) in [5.41, 5.74) is 0.252. The minimum atomic E-state index is -0.783. The van der Waals surface area contributed by atoms with Gasteiger partial charge in [0.15, 0.2) is 5.82 Å². The number of phenols is 1. The number of halogens is 2. The van der Waals surface area contributed by atoms with Crippen LogP contribution in [0.2, 0.25) is 0 Å². The summed E-state index contributed by atoms with van der Waals surface area (Å²) in [5, 5.41) is 22.3. The summed E-state index contributed by atoms with van der Waals surface area (Å²) >= 11 is 0. The average Bonchev–Trinajstić information content (AvgIpc) is 3.47. The van der Waals surface area contributed by atoms with Gasteiger partial charge >= 0.3 is 6.01 Å². The Morgan fingerprint density at radius 3 is 2.64 bits per heavy atom. The highest BCUT2D eigenvalue weighted by molar-refractivity contribution is 6.03. The number of terminal acetylenes is 1. The number of likely N-dealkylation sites (tertiary alicyclic amines) is 1. The molecule has 9 rings (SSSR count). The number of pyridine rings is 1. The van der Waals surface area contributed by atoms with Crippen LogP contribution in [0.25, 0.3) is 32.9 Å². The number of nitrogens with zero attached hydrogens (tertiary/aromatic N) is 5. The Kier molecular flexibility index (Phi) is 8.89. The van der Waals surface area contributed by atoms with Gasteiger partial charge < -0.3 is 29.3 Å². The second kappa shape index (κ2) is 13.6. The number of aromatic nitrogens is 3. The maximum Gasteiger partial charge on any atom is 0.319 e. The van der Waals surface area contributed by atoms with E-state index in [9.17, 15) is 14.6 Å². The summed E-state index contributed by atoms with van der Waals surface area (Å²) in [6.07, 6.45) is 16.8. The van der Waals surface area contributed by atoms with E-state index >= 15 is 4.39 Å². The van der Waals surface area contributed by atoms with Crippen LogP contribution in [0.1, 0.15) is 63.4 Å². The Labute approximate surface area is 307 Å². The minimum Gasteiger partial charge on any atom is -0.508 e. The van der Waals surface area contributed by atoms with E-state index < -0.39 is 17.7 Å². The molecule has 3 atom stereocenters. The molecule has 5 heterocycles.